The lowest BCUT2D eigenvalue weighted by Crippen LogP contribution is -2.39. The first-order valence-electron chi connectivity index (χ1n) is 5.74. The Labute approximate surface area is 101 Å². The van der Waals surface area contributed by atoms with Gasteiger partial charge >= 0.3 is 0 Å². The van der Waals surface area contributed by atoms with E-state index in [1.807, 2.05) is 20.8 Å². The number of hydrogen-bond donors (Lipinski definition) is 3. The molecule has 0 radical (unpaired) electrons. The van der Waals surface area contributed by atoms with Crippen LogP contribution in [-0.4, -0.2) is 33.4 Å². The minimum atomic E-state index is -0.255. The van der Waals surface area contributed by atoms with E-state index >= 15 is 0 Å². The van der Waals surface area contributed by atoms with Gasteiger partial charge in [-0.25, -0.2) is 0 Å². The number of carbonyl (C=O) groups is 1. The van der Waals surface area contributed by atoms with Crippen LogP contribution in [0.5, 0.6) is 0 Å². The van der Waals surface area contributed by atoms with Crippen molar-refractivity contribution in [1.82, 2.24) is 15.1 Å². The first kappa shape index (κ1) is 13.5. The predicted molar refractivity (Wildman–Crippen MR) is 65.5 cm³/mol. The fraction of sp³-hybridized carbons (Fsp3) is 0.636. The Morgan fingerprint density at radius 3 is 2.82 bits per heavy atom. The topological polar surface area (TPSA) is 93.2 Å². The summed E-state index contributed by atoms with van der Waals surface area (Å²) in [7, 11) is 0. The van der Waals surface area contributed by atoms with Gasteiger partial charge in [0.25, 0.3) is 5.91 Å². The predicted octanol–water partition coefficient (Wildman–Crippen LogP) is 0.232. The summed E-state index contributed by atoms with van der Waals surface area (Å²) in [5.41, 5.74) is 6.46. The van der Waals surface area contributed by atoms with E-state index in [1.54, 1.807) is 4.68 Å². The summed E-state index contributed by atoms with van der Waals surface area (Å²) >= 11 is 0. The van der Waals surface area contributed by atoms with E-state index in [-0.39, 0.29) is 24.5 Å². The molecule has 2 unspecified atom stereocenters. The van der Waals surface area contributed by atoms with E-state index < -0.39 is 0 Å². The van der Waals surface area contributed by atoms with Crippen LogP contribution in [0.2, 0.25) is 0 Å². The van der Waals surface area contributed by atoms with Crippen molar-refractivity contribution >= 4 is 11.6 Å². The molecule has 0 aliphatic rings. The lowest BCUT2D eigenvalue weighted by Gasteiger charge is -2.19. The van der Waals surface area contributed by atoms with Crippen LogP contribution in [0, 0.1) is 5.92 Å². The third-order valence-electron chi connectivity index (χ3n) is 2.88. The van der Waals surface area contributed by atoms with Crippen molar-refractivity contribution in [2.24, 2.45) is 5.92 Å². The molecule has 4 N–H and O–H groups in total. The molecule has 1 amide bonds. The van der Waals surface area contributed by atoms with Crippen molar-refractivity contribution in [2.75, 3.05) is 12.3 Å². The van der Waals surface area contributed by atoms with Crippen LogP contribution in [0.15, 0.2) is 6.20 Å². The number of aromatic nitrogens is 2. The van der Waals surface area contributed by atoms with Crippen molar-refractivity contribution in [1.29, 1.82) is 0 Å². The zero-order chi connectivity index (χ0) is 13.0. The number of anilines is 1. The van der Waals surface area contributed by atoms with Crippen LogP contribution in [0.1, 0.15) is 31.3 Å². The Morgan fingerprint density at radius 1 is 1.65 bits per heavy atom. The number of hydrogen-bond acceptors (Lipinski definition) is 4. The number of carbonyl (C=O) groups excluding carboxylic acids is 1. The maximum Gasteiger partial charge on any atom is 0.271 e. The molecule has 1 aromatic heterocycles. The van der Waals surface area contributed by atoms with Gasteiger partial charge in [0.05, 0.1) is 11.9 Å². The molecule has 0 bridgehead atoms. The fourth-order valence-electron chi connectivity index (χ4n) is 1.46. The molecule has 0 aliphatic heterocycles. The van der Waals surface area contributed by atoms with Gasteiger partial charge in [-0.3, -0.25) is 9.48 Å². The second-order valence-electron chi connectivity index (χ2n) is 4.19. The minimum absolute atomic E-state index is 0.00169. The van der Waals surface area contributed by atoms with Crippen LogP contribution >= 0.6 is 0 Å². The molecule has 17 heavy (non-hydrogen) atoms. The van der Waals surface area contributed by atoms with Gasteiger partial charge in [0.15, 0.2) is 0 Å². The van der Waals surface area contributed by atoms with E-state index in [9.17, 15) is 4.79 Å². The van der Waals surface area contributed by atoms with Gasteiger partial charge in [-0.15, -0.1) is 0 Å². The van der Waals surface area contributed by atoms with Gasteiger partial charge < -0.3 is 16.2 Å². The molecular formula is C11H20N4O2. The van der Waals surface area contributed by atoms with Gasteiger partial charge in [0.2, 0.25) is 0 Å². The van der Waals surface area contributed by atoms with E-state index in [0.29, 0.717) is 17.9 Å². The Bertz CT molecular complexity index is 389. The van der Waals surface area contributed by atoms with Crippen LogP contribution < -0.4 is 11.1 Å². The highest BCUT2D eigenvalue weighted by molar-refractivity contribution is 5.97. The number of aliphatic hydroxyl groups is 1. The molecule has 0 aromatic carbocycles. The smallest absolute Gasteiger partial charge is 0.271 e. The second-order valence-corrected chi connectivity index (χ2v) is 4.19. The standard InChI is InChI=1S/C11H20N4O2/c1-4-15-10(9(12)5-13-15)11(17)14-8(3)7(2)6-16/h5,7-8,16H,4,6,12H2,1-3H3,(H,14,17). The van der Waals surface area contributed by atoms with E-state index in [2.05, 4.69) is 10.4 Å². The van der Waals surface area contributed by atoms with Crippen LogP contribution in [0.25, 0.3) is 0 Å². The Morgan fingerprint density at radius 2 is 2.29 bits per heavy atom. The number of aliphatic hydroxyl groups excluding tert-OH is 1. The van der Waals surface area contributed by atoms with E-state index in [4.69, 9.17) is 10.8 Å². The molecule has 0 aliphatic carbocycles. The van der Waals surface area contributed by atoms with Gasteiger partial charge in [-0.1, -0.05) is 6.92 Å². The number of nitrogens with zero attached hydrogens (tertiary/aromatic N) is 2. The molecule has 0 saturated heterocycles. The third-order valence-corrected chi connectivity index (χ3v) is 2.88. The second kappa shape index (κ2) is 5.67. The van der Waals surface area contributed by atoms with E-state index in [0.717, 1.165) is 0 Å². The maximum absolute atomic E-state index is 12.0. The van der Waals surface area contributed by atoms with Gasteiger partial charge in [0.1, 0.15) is 5.69 Å². The zero-order valence-electron chi connectivity index (χ0n) is 10.5. The summed E-state index contributed by atoms with van der Waals surface area (Å²) in [5, 5.41) is 15.8. The lowest BCUT2D eigenvalue weighted by atomic mass is 10.1. The molecule has 6 heteroatoms. The first-order chi connectivity index (χ1) is 8.01. The fourth-order valence-corrected chi connectivity index (χ4v) is 1.46. The van der Waals surface area contributed by atoms with Crippen LogP contribution in [0.3, 0.4) is 0 Å². The molecule has 6 nitrogen and oxygen atoms in total. The molecule has 2 atom stereocenters. The largest absolute Gasteiger partial charge is 0.396 e. The van der Waals surface area contributed by atoms with Crippen molar-refractivity contribution in [3.05, 3.63) is 11.9 Å². The number of rotatable bonds is 5. The highest BCUT2D eigenvalue weighted by Gasteiger charge is 2.20. The molecule has 0 fully saturated rings. The zero-order valence-corrected chi connectivity index (χ0v) is 10.5. The number of nitrogen functional groups attached to an aromatic ring is 1. The normalized spacial score (nSPS) is 14.4. The van der Waals surface area contributed by atoms with Crippen molar-refractivity contribution in [3.8, 4) is 0 Å². The molecule has 0 spiro atoms. The molecule has 96 valence electrons. The molecule has 1 aromatic rings. The lowest BCUT2D eigenvalue weighted by molar-refractivity contribution is 0.0906. The van der Waals surface area contributed by atoms with E-state index in [1.165, 1.54) is 6.20 Å². The Hall–Kier alpha value is -1.56. The average molecular weight is 240 g/mol. The molecule has 0 saturated carbocycles. The summed E-state index contributed by atoms with van der Waals surface area (Å²) in [6.45, 7) is 6.23. The summed E-state index contributed by atoms with van der Waals surface area (Å²) in [5.74, 6) is -0.257. The van der Waals surface area contributed by atoms with Crippen molar-refractivity contribution in [3.63, 3.8) is 0 Å². The summed E-state index contributed by atoms with van der Waals surface area (Å²) < 4.78 is 1.56. The highest BCUT2D eigenvalue weighted by atomic mass is 16.3. The van der Waals surface area contributed by atoms with Crippen molar-refractivity contribution in [2.45, 2.75) is 33.4 Å². The first-order valence-corrected chi connectivity index (χ1v) is 5.74. The summed E-state index contributed by atoms with van der Waals surface area (Å²) in [6, 6.07) is -0.118. The summed E-state index contributed by atoms with van der Waals surface area (Å²) in [4.78, 5) is 12.0. The van der Waals surface area contributed by atoms with Gasteiger partial charge in [-0.05, 0) is 19.8 Å². The maximum atomic E-state index is 12.0. The number of amides is 1. The van der Waals surface area contributed by atoms with Crippen LogP contribution in [-0.2, 0) is 6.54 Å². The van der Waals surface area contributed by atoms with Crippen LogP contribution in [0.4, 0.5) is 5.69 Å². The minimum Gasteiger partial charge on any atom is -0.396 e. The monoisotopic (exact) mass is 240 g/mol. The third kappa shape index (κ3) is 2.97. The van der Waals surface area contributed by atoms with Crippen molar-refractivity contribution < 1.29 is 9.90 Å². The molecule has 1 rings (SSSR count). The molecular weight excluding hydrogens is 220 g/mol. The SMILES string of the molecule is CCn1ncc(N)c1C(=O)NC(C)C(C)CO. The quantitative estimate of drug-likeness (QED) is 0.687. The number of aryl methyl sites for hydroxylation is 1. The Balaban J connectivity index is 2.79. The highest BCUT2D eigenvalue weighted by Crippen LogP contribution is 2.11. The van der Waals surface area contributed by atoms with Gasteiger partial charge in [-0.2, -0.15) is 5.10 Å². The molecule has 1 heterocycles. The number of nitrogens with two attached hydrogens (primary N) is 1. The Kier molecular flexibility index (Phi) is 4.51. The van der Waals surface area contributed by atoms with Gasteiger partial charge in [0, 0.05) is 19.2 Å². The summed E-state index contributed by atoms with van der Waals surface area (Å²) in [6.07, 6.45) is 1.47. The average Bonchev–Trinajstić information content (AvgIpc) is 2.69. The number of nitrogens with one attached hydrogen (secondary N) is 1.